The van der Waals surface area contributed by atoms with Crippen LogP contribution in [0.15, 0.2) is 30.3 Å². The summed E-state index contributed by atoms with van der Waals surface area (Å²) in [6.07, 6.45) is 7.61. The van der Waals surface area contributed by atoms with Crippen molar-refractivity contribution in [3.8, 4) is 0 Å². The normalized spacial score (nSPS) is 17.5. The summed E-state index contributed by atoms with van der Waals surface area (Å²) in [6, 6.07) is 8.69. The summed E-state index contributed by atoms with van der Waals surface area (Å²) in [7, 11) is 1.30. The predicted molar refractivity (Wildman–Crippen MR) is 116 cm³/mol. The van der Waals surface area contributed by atoms with Crippen LogP contribution in [0.2, 0.25) is 0 Å². The van der Waals surface area contributed by atoms with E-state index in [1.54, 1.807) is 18.2 Å². The Balaban J connectivity index is 1.36. The second kappa shape index (κ2) is 7.52. The van der Waals surface area contributed by atoms with Crippen LogP contribution in [0.3, 0.4) is 0 Å². The number of benzene rings is 2. The maximum absolute atomic E-state index is 13.3. The van der Waals surface area contributed by atoms with E-state index >= 15 is 0 Å². The molecule has 6 nitrogen and oxygen atoms in total. The van der Waals surface area contributed by atoms with Crippen molar-refractivity contribution < 1.29 is 19.1 Å². The van der Waals surface area contributed by atoms with Gasteiger partial charge < -0.3 is 15.4 Å². The topological polar surface area (TPSA) is 84.5 Å². The fraction of sp³-hybridized carbons (Fsp3) is 0.400. The molecule has 5 rings (SSSR count). The van der Waals surface area contributed by atoms with Crippen LogP contribution in [-0.2, 0) is 35.2 Å². The number of rotatable bonds is 5. The SMILES string of the molecule is COC(=O)c1cccc(C(=O)NC2(C(=O)Nc3c4c(cc5c3CCC5)CCC4)CC2)c1. The summed E-state index contributed by atoms with van der Waals surface area (Å²) in [5, 5.41) is 6.13. The highest BCUT2D eigenvalue weighted by Crippen LogP contribution is 2.41. The van der Waals surface area contributed by atoms with Crippen molar-refractivity contribution in [2.75, 3.05) is 12.4 Å². The van der Waals surface area contributed by atoms with Crippen LogP contribution in [-0.4, -0.2) is 30.4 Å². The van der Waals surface area contributed by atoms with Crippen LogP contribution in [0.1, 0.15) is 68.7 Å². The Hall–Kier alpha value is -3.15. The summed E-state index contributed by atoms with van der Waals surface area (Å²) in [4.78, 5) is 37.9. The molecule has 0 spiro atoms. The lowest BCUT2D eigenvalue weighted by Crippen LogP contribution is -2.46. The van der Waals surface area contributed by atoms with Crippen LogP contribution in [0.25, 0.3) is 0 Å². The van der Waals surface area contributed by atoms with Gasteiger partial charge in [0.2, 0.25) is 5.91 Å². The number of carbonyl (C=O) groups is 3. The number of hydrogen-bond donors (Lipinski definition) is 2. The molecule has 2 aromatic rings. The van der Waals surface area contributed by atoms with Crippen molar-refractivity contribution in [2.24, 2.45) is 0 Å². The fourth-order valence-corrected chi connectivity index (χ4v) is 4.93. The summed E-state index contributed by atoms with van der Waals surface area (Å²) in [6.45, 7) is 0. The molecule has 2 N–H and O–H groups in total. The standard InChI is InChI=1S/C25H26N2O4/c1-31-23(29)18-8-2-7-17(14-18)22(28)27-25(11-12-25)24(30)26-21-19-9-3-5-15(19)13-16-6-4-10-20(16)21/h2,7-8,13-14H,3-6,9-12H2,1H3,(H,26,30)(H,27,28). The number of aryl methyl sites for hydroxylation is 2. The molecule has 6 heteroatoms. The van der Waals surface area contributed by atoms with Crippen LogP contribution < -0.4 is 10.6 Å². The molecule has 2 aromatic carbocycles. The highest BCUT2D eigenvalue weighted by molar-refractivity contribution is 6.06. The van der Waals surface area contributed by atoms with Crippen molar-refractivity contribution in [1.29, 1.82) is 0 Å². The molecule has 0 radical (unpaired) electrons. The molecular weight excluding hydrogens is 392 g/mol. The molecule has 0 heterocycles. The number of esters is 1. The minimum absolute atomic E-state index is 0.139. The molecule has 1 saturated carbocycles. The van der Waals surface area contributed by atoms with Gasteiger partial charge in [-0.15, -0.1) is 0 Å². The van der Waals surface area contributed by atoms with E-state index in [1.165, 1.54) is 35.4 Å². The Kier molecular flexibility index (Phi) is 4.80. The third kappa shape index (κ3) is 3.50. The van der Waals surface area contributed by atoms with Crippen molar-refractivity contribution in [3.63, 3.8) is 0 Å². The number of fused-ring (bicyclic) bond motifs is 2. The Bertz CT molecular complexity index is 1070. The summed E-state index contributed by atoms with van der Waals surface area (Å²) < 4.78 is 4.73. The Morgan fingerprint density at radius 3 is 2.16 bits per heavy atom. The lowest BCUT2D eigenvalue weighted by Gasteiger charge is -2.21. The third-order valence-electron chi connectivity index (χ3n) is 6.79. The molecule has 3 aliphatic carbocycles. The lowest BCUT2D eigenvalue weighted by atomic mass is 9.98. The minimum atomic E-state index is -0.884. The van der Waals surface area contributed by atoms with E-state index in [2.05, 4.69) is 16.7 Å². The van der Waals surface area contributed by atoms with Crippen molar-refractivity contribution in [3.05, 3.63) is 63.7 Å². The number of carbonyl (C=O) groups excluding carboxylic acids is 3. The molecule has 0 bridgehead atoms. The van der Waals surface area contributed by atoms with Gasteiger partial charge in [-0.3, -0.25) is 9.59 Å². The quantitative estimate of drug-likeness (QED) is 0.730. The first kappa shape index (κ1) is 19.8. The van der Waals surface area contributed by atoms with Crippen LogP contribution in [0.4, 0.5) is 5.69 Å². The number of anilines is 1. The van der Waals surface area contributed by atoms with Gasteiger partial charge in [-0.05, 0) is 91.8 Å². The zero-order chi connectivity index (χ0) is 21.6. The number of ether oxygens (including phenoxy) is 1. The average molecular weight is 418 g/mol. The molecule has 0 aromatic heterocycles. The number of amides is 2. The first-order valence-corrected chi connectivity index (χ1v) is 11.0. The Morgan fingerprint density at radius 2 is 1.55 bits per heavy atom. The molecule has 0 aliphatic heterocycles. The average Bonchev–Trinajstić information content (AvgIpc) is 3.18. The summed E-state index contributed by atoms with van der Waals surface area (Å²) >= 11 is 0. The Morgan fingerprint density at radius 1 is 0.903 bits per heavy atom. The predicted octanol–water partition coefficient (Wildman–Crippen LogP) is 3.35. The first-order valence-electron chi connectivity index (χ1n) is 11.0. The monoisotopic (exact) mass is 418 g/mol. The smallest absolute Gasteiger partial charge is 0.337 e. The van der Waals surface area contributed by atoms with Gasteiger partial charge in [0.25, 0.3) is 5.91 Å². The van der Waals surface area contributed by atoms with Gasteiger partial charge in [-0.2, -0.15) is 0 Å². The highest BCUT2D eigenvalue weighted by Gasteiger charge is 2.51. The van der Waals surface area contributed by atoms with Crippen molar-refractivity contribution in [1.82, 2.24) is 5.32 Å². The van der Waals surface area contributed by atoms with E-state index in [0.29, 0.717) is 24.0 Å². The molecule has 160 valence electrons. The molecule has 0 saturated heterocycles. The van der Waals surface area contributed by atoms with Gasteiger partial charge in [0.05, 0.1) is 12.7 Å². The zero-order valence-corrected chi connectivity index (χ0v) is 17.7. The van der Waals surface area contributed by atoms with Crippen LogP contribution in [0, 0.1) is 0 Å². The number of hydrogen-bond acceptors (Lipinski definition) is 4. The fourth-order valence-electron chi connectivity index (χ4n) is 4.93. The van der Waals surface area contributed by atoms with E-state index in [-0.39, 0.29) is 11.8 Å². The molecule has 0 unspecified atom stereocenters. The number of nitrogens with one attached hydrogen (secondary N) is 2. The van der Waals surface area contributed by atoms with Gasteiger partial charge in [0.1, 0.15) is 5.54 Å². The van der Waals surface area contributed by atoms with E-state index in [4.69, 9.17) is 4.74 Å². The molecule has 31 heavy (non-hydrogen) atoms. The molecule has 3 aliphatic rings. The zero-order valence-electron chi connectivity index (χ0n) is 17.7. The van der Waals surface area contributed by atoms with Gasteiger partial charge in [0.15, 0.2) is 0 Å². The van der Waals surface area contributed by atoms with Gasteiger partial charge >= 0.3 is 5.97 Å². The van der Waals surface area contributed by atoms with E-state index in [0.717, 1.165) is 44.2 Å². The van der Waals surface area contributed by atoms with E-state index in [1.807, 2.05) is 0 Å². The Labute approximate surface area is 181 Å². The van der Waals surface area contributed by atoms with Crippen molar-refractivity contribution >= 4 is 23.5 Å². The van der Waals surface area contributed by atoms with Gasteiger partial charge in [0, 0.05) is 11.3 Å². The van der Waals surface area contributed by atoms with Crippen LogP contribution in [0.5, 0.6) is 0 Å². The second-order valence-corrected chi connectivity index (χ2v) is 8.80. The summed E-state index contributed by atoms with van der Waals surface area (Å²) in [5.41, 5.74) is 6.05. The maximum atomic E-state index is 13.3. The van der Waals surface area contributed by atoms with Gasteiger partial charge in [-0.25, -0.2) is 4.79 Å². The van der Waals surface area contributed by atoms with Crippen LogP contribution >= 0.6 is 0 Å². The lowest BCUT2D eigenvalue weighted by molar-refractivity contribution is -0.118. The van der Waals surface area contributed by atoms with Gasteiger partial charge in [-0.1, -0.05) is 12.1 Å². The molecular formula is C25H26N2O4. The largest absolute Gasteiger partial charge is 0.465 e. The number of methoxy groups -OCH3 is 1. The maximum Gasteiger partial charge on any atom is 0.337 e. The van der Waals surface area contributed by atoms with Crippen molar-refractivity contribution in [2.45, 2.75) is 56.9 Å². The minimum Gasteiger partial charge on any atom is -0.465 e. The second-order valence-electron chi connectivity index (χ2n) is 8.80. The summed E-state index contributed by atoms with van der Waals surface area (Å²) in [5.74, 6) is -0.999. The third-order valence-corrected chi connectivity index (χ3v) is 6.79. The first-order chi connectivity index (χ1) is 15.0. The molecule has 0 atom stereocenters. The van der Waals surface area contributed by atoms with E-state index in [9.17, 15) is 14.4 Å². The molecule has 1 fully saturated rings. The van der Waals surface area contributed by atoms with E-state index < -0.39 is 11.5 Å². The molecule has 2 amide bonds. The highest BCUT2D eigenvalue weighted by atomic mass is 16.5.